The van der Waals surface area contributed by atoms with Crippen LogP contribution in [0, 0.1) is 0 Å². The number of hydrazine groups is 1. The molecule has 0 bridgehead atoms. The molecule has 0 aromatic rings. The minimum atomic E-state index is 0.270. The van der Waals surface area contributed by atoms with Gasteiger partial charge >= 0.3 is 0 Å². The van der Waals surface area contributed by atoms with E-state index in [0.717, 1.165) is 13.1 Å². The Labute approximate surface area is 117 Å². The lowest BCUT2D eigenvalue weighted by atomic mass is 10.00. The van der Waals surface area contributed by atoms with Gasteiger partial charge in [0.1, 0.15) is 0 Å². The predicted molar refractivity (Wildman–Crippen MR) is 77.7 cm³/mol. The van der Waals surface area contributed by atoms with E-state index < -0.39 is 0 Å². The molecule has 0 aromatic carbocycles. The number of carbonyl (C=O) groups excluding carboxylic acids is 1. The SMILES string of the molecule is CC1CCCC(C)N1NCC(=O)N1CCCCCC1. The number of carbonyl (C=O) groups is 1. The average molecular weight is 267 g/mol. The molecule has 19 heavy (non-hydrogen) atoms. The van der Waals surface area contributed by atoms with Crippen LogP contribution in [0.5, 0.6) is 0 Å². The first kappa shape index (κ1) is 14.8. The number of nitrogens with zero attached hydrogens (tertiary/aromatic N) is 2. The third-order valence-corrected chi connectivity index (χ3v) is 4.57. The minimum absolute atomic E-state index is 0.270. The first-order chi connectivity index (χ1) is 9.18. The number of piperidine rings is 1. The molecule has 1 amide bonds. The largest absolute Gasteiger partial charge is 0.342 e. The number of nitrogens with one attached hydrogen (secondary N) is 1. The standard InChI is InChI=1S/C15H29N3O/c1-13-8-7-9-14(2)18(13)16-12-15(19)17-10-5-3-4-6-11-17/h13-14,16H,3-12H2,1-2H3. The summed E-state index contributed by atoms with van der Waals surface area (Å²) in [6, 6.07) is 1.08. The number of likely N-dealkylation sites (tertiary alicyclic amines) is 1. The maximum absolute atomic E-state index is 12.2. The van der Waals surface area contributed by atoms with Gasteiger partial charge in [-0.15, -0.1) is 0 Å². The number of amides is 1. The Balaban J connectivity index is 1.78. The zero-order valence-electron chi connectivity index (χ0n) is 12.5. The highest BCUT2D eigenvalue weighted by Gasteiger charge is 2.25. The second-order valence-electron chi connectivity index (χ2n) is 6.17. The Morgan fingerprint density at radius 2 is 1.58 bits per heavy atom. The lowest BCUT2D eigenvalue weighted by molar-refractivity contribution is -0.131. The highest BCUT2D eigenvalue weighted by molar-refractivity contribution is 5.78. The Morgan fingerprint density at radius 3 is 2.16 bits per heavy atom. The molecule has 1 N–H and O–H groups in total. The fraction of sp³-hybridized carbons (Fsp3) is 0.933. The maximum Gasteiger partial charge on any atom is 0.237 e. The topological polar surface area (TPSA) is 35.6 Å². The molecule has 0 aliphatic carbocycles. The Morgan fingerprint density at radius 1 is 1.00 bits per heavy atom. The van der Waals surface area contributed by atoms with Crippen molar-refractivity contribution in [3.05, 3.63) is 0 Å². The van der Waals surface area contributed by atoms with E-state index in [4.69, 9.17) is 0 Å². The second kappa shape index (κ2) is 7.25. The molecule has 4 nitrogen and oxygen atoms in total. The van der Waals surface area contributed by atoms with Crippen molar-refractivity contribution in [2.24, 2.45) is 0 Å². The summed E-state index contributed by atoms with van der Waals surface area (Å²) in [6.07, 6.45) is 8.66. The van der Waals surface area contributed by atoms with Gasteiger partial charge in [0, 0.05) is 25.2 Å². The fourth-order valence-corrected chi connectivity index (χ4v) is 3.32. The minimum Gasteiger partial charge on any atom is -0.342 e. The molecule has 2 fully saturated rings. The molecule has 2 aliphatic heterocycles. The molecule has 110 valence electrons. The van der Waals surface area contributed by atoms with Crippen LogP contribution in [0.1, 0.15) is 58.8 Å². The molecule has 2 rings (SSSR count). The zero-order chi connectivity index (χ0) is 13.7. The van der Waals surface area contributed by atoms with Gasteiger partial charge in [0.25, 0.3) is 0 Å². The molecule has 2 aliphatic rings. The third-order valence-electron chi connectivity index (χ3n) is 4.57. The molecule has 2 unspecified atom stereocenters. The summed E-state index contributed by atoms with van der Waals surface area (Å²) < 4.78 is 0. The van der Waals surface area contributed by atoms with Gasteiger partial charge in [0.15, 0.2) is 0 Å². The van der Waals surface area contributed by atoms with Crippen molar-refractivity contribution in [3.8, 4) is 0 Å². The van der Waals surface area contributed by atoms with Gasteiger partial charge in [-0.2, -0.15) is 0 Å². The molecule has 0 aromatic heterocycles. The molecule has 0 radical (unpaired) electrons. The van der Waals surface area contributed by atoms with E-state index >= 15 is 0 Å². The van der Waals surface area contributed by atoms with Crippen LogP contribution in [0.3, 0.4) is 0 Å². The van der Waals surface area contributed by atoms with Crippen LogP contribution in [-0.2, 0) is 4.79 Å². The van der Waals surface area contributed by atoms with Crippen LogP contribution < -0.4 is 5.43 Å². The quantitative estimate of drug-likeness (QED) is 0.851. The van der Waals surface area contributed by atoms with Crippen LogP contribution in [0.25, 0.3) is 0 Å². The molecular formula is C15H29N3O. The van der Waals surface area contributed by atoms with Gasteiger partial charge in [0.05, 0.1) is 6.54 Å². The summed E-state index contributed by atoms with van der Waals surface area (Å²) in [7, 11) is 0. The Kier molecular flexibility index (Phi) is 5.64. The van der Waals surface area contributed by atoms with E-state index in [1.807, 2.05) is 4.90 Å². The van der Waals surface area contributed by atoms with E-state index in [9.17, 15) is 4.79 Å². The van der Waals surface area contributed by atoms with Crippen LogP contribution in [0.15, 0.2) is 0 Å². The maximum atomic E-state index is 12.2. The van der Waals surface area contributed by atoms with Crippen molar-refractivity contribution >= 4 is 5.91 Å². The van der Waals surface area contributed by atoms with E-state index in [1.54, 1.807) is 0 Å². The lowest BCUT2D eigenvalue weighted by Crippen LogP contribution is -2.54. The predicted octanol–water partition coefficient (Wildman–Crippen LogP) is 2.16. The molecular weight excluding hydrogens is 238 g/mol. The first-order valence-corrected chi connectivity index (χ1v) is 7.98. The summed E-state index contributed by atoms with van der Waals surface area (Å²) >= 11 is 0. The van der Waals surface area contributed by atoms with Gasteiger partial charge in [-0.05, 0) is 39.5 Å². The van der Waals surface area contributed by atoms with Crippen molar-refractivity contribution in [3.63, 3.8) is 0 Å². The van der Waals surface area contributed by atoms with E-state index in [1.165, 1.54) is 44.9 Å². The first-order valence-electron chi connectivity index (χ1n) is 7.98. The van der Waals surface area contributed by atoms with E-state index in [2.05, 4.69) is 24.3 Å². The van der Waals surface area contributed by atoms with Gasteiger partial charge < -0.3 is 4.90 Å². The molecule has 4 heteroatoms. The van der Waals surface area contributed by atoms with Crippen LogP contribution in [0.2, 0.25) is 0 Å². The number of hydrogen-bond donors (Lipinski definition) is 1. The monoisotopic (exact) mass is 267 g/mol. The number of hydrogen-bond acceptors (Lipinski definition) is 3. The zero-order valence-corrected chi connectivity index (χ0v) is 12.5. The van der Waals surface area contributed by atoms with Crippen molar-refractivity contribution in [2.45, 2.75) is 70.9 Å². The van der Waals surface area contributed by atoms with Crippen LogP contribution >= 0.6 is 0 Å². The average Bonchev–Trinajstić information content (AvgIpc) is 2.66. The van der Waals surface area contributed by atoms with Crippen LogP contribution in [0.4, 0.5) is 0 Å². The highest BCUT2D eigenvalue weighted by atomic mass is 16.2. The summed E-state index contributed by atoms with van der Waals surface area (Å²) in [5.74, 6) is 0.270. The molecule has 0 saturated carbocycles. The summed E-state index contributed by atoms with van der Waals surface area (Å²) in [6.45, 7) is 6.87. The molecule has 0 spiro atoms. The van der Waals surface area contributed by atoms with Crippen molar-refractivity contribution in [1.29, 1.82) is 0 Å². The summed E-state index contributed by atoms with van der Waals surface area (Å²) in [5.41, 5.74) is 3.38. The number of rotatable bonds is 3. The van der Waals surface area contributed by atoms with Gasteiger partial charge in [0.2, 0.25) is 5.91 Å². The third kappa shape index (κ3) is 4.18. The summed E-state index contributed by atoms with van der Waals surface area (Å²) in [5, 5.41) is 2.29. The van der Waals surface area contributed by atoms with E-state index in [-0.39, 0.29) is 5.91 Å². The molecule has 2 saturated heterocycles. The Hall–Kier alpha value is -0.610. The van der Waals surface area contributed by atoms with Gasteiger partial charge in [-0.25, -0.2) is 10.4 Å². The second-order valence-corrected chi connectivity index (χ2v) is 6.17. The Bertz CT molecular complexity index is 277. The molecule has 2 heterocycles. The molecule has 2 atom stereocenters. The summed E-state index contributed by atoms with van der Waals surface area (Å²) in [4.78, 5) is 14.3. The van der Waals surface area contributed by atoms with E-state index in [0.29, 0.717) is 18.6 Å². The smallest absolute Gasteiger partial charge is 0.237 e. The van der Waals surface area contributed by atoms with Crippen molar-refractivity contribution in [2.75, 3.05) is 19.6 Å². The fourth-order valence-electron chi connectivity index (χ4n) is 3.32. The van der Waals surface area contributed by atoms with Gasteiger partial charge in [-0.1, -0.05) is 19.3 Å². The van der Waals surface area contributed by atoms with Gasteiger partial charge in [-0.3, -0.25) is 4.79 Å². The van der Waals surface area contributed by atoms with Crippen molar-refractivity contribution in [1.82, 2.24) is 15.3 Å². The normalized spacial score (nSPS) is 30.1. The highest BCUT2D eigenvalue weighted by Crippen LogP contribution is 2.20. The van der Waals surface area contributed by atoms with Crippen molar-refractivity contribution < 1.29 is 4.79 Å². The van der Waals surface area contributed by atoms with Crippen LogP contribution in [-0.4, -0.2) is 47.5 Å². The lowest BCUT2D eigenvalue weighted by Gasteiger charge is -2.39.